The van der Waals surface area contributed by atoms with Crippen LogP contribution >= 0.6 is 11.6 Å². The number of fused-ring (bicyclic) bond motifs is 1. The van der Waals surface area contributed by atoms with Gasteiger partial charge in [0.1, 0.15) is 10.6 Å². The first-order valence-electron chi connectivity index (χ1n) is 8.06. The monoisotopic (exact) mass is 394 g/mol. The minimum Gasteiger partial charge on any atom is -0.495 e. The number of methoxy groups -OCH3 is 1. The first-order valence-corrected chi connectivity index (χ1v) is 9.93. The summed E-state index contributed by atoms with van der Waals surface area (Å²) >= 11 is 5.90. The minimum atomic E-state index is -3.95. The smallest absolute Gasteiger partial charge is 0.244 e. The molecule has 0 radical (unpaired) electrons. The topological polar surface area (TPSA) is 75.7 Å². The van der Waals surface area contributed by atoms with Gasteiger partial charge in [-0.25, -0.2) is 13.1 Å². The normalized spacial score (nSPS) is 16.4. The standard InChI is InChI=1S/C18H19ClN2O4S/c1-12-9-13-5-3-4-6-15(13)21(12)18(22)11-20-26(23,24)17-10-14(19)7-8-16(17)25-2/h3-8,10,12,20H,9,11H2,1-2H3. The van der Waals surface area contributed by atoms with Gasteiger partial charge < -0.3 is 9.64 Å². The van der Waals surface area contributed by atoms with Gasteiger partial charge in [0.15, 0.2) is 0 Å². The van der Waals surface area contributed by atoms with Gasteiger partial charge in [0, 0.05) is 16.8 Å². The summed E-state index contributed by atoms with van der Waals surface area (Å²) in [4.78, 5) is 14.2. The Labute approximate surface area is 157 Å². The van der Waals surface area contributed by atoms with Crippen LogP contribution in [0.15, 0.2) is 47.4 Å². The summed E-state index contributed by atoms with van der Waals surface area (Å²) in [5.74, 6) is -0.152. The second-order valence-corrected chi connectivity index (χ2v) is 8.24. The molecule has 1 aliphatic rings. The predicted octanol–water partition coefficient (Wildman–Crippen LogP) is 2.60. The third-order valence-corrected chi connectivity index (χ3v) is 5.96. The lowest BCUT2D eigenvalue weighted by Gasteiger charge is -2.23. The highest BCUT2D eigenvalue weighted by molar-refractivity contribution is 7.89. The predicted molar refractivity (Wildman–Crippen MR) is 100 cm³/mol. The Hall–Kier alpha value is -2.09. The second-order valence-electron chi connectivity index (χ2n) is 6.07. The summed E-state index contributed by atoms with van der Waals surface area (Å²) in [6.07, 6.45) is 0.747. The number of carbonyl (C=O) groups is 1. The average molecular weight is 395 g/mol. The van der Waals surface area contributed by atoms with Crippen LogP contribution < -0.4 is 14.4 Å². The summed E-state index contributed by atoms with van der Waals surface area (Å²) < 4.78 is 32.6. The number of para-hydroxylation sites is 1. The lowest BCUT2D eigenvalue weighted by Crippen LogP contribution is -2.43. The highest BCUT2D eigenvalue weighted by Gasteiger charge is 2.31. The largest absolute Gasteiger partial charge is 0.495 e. The quantitative estimate of drug-likeness (QED) is 0.845. The van der Waals surface area contributed by atoms with E-state index in [4.69, 9.17) is 16.3 Å². The zero-order valence-corrected chi connectivity index (χ0v) is 16.0. The molecular weight excluding hydrogens is 376 g/mol. The van der Waals surface area contributed by atoms with Crippen molar-refractivity contribution in [3.05, 3.63) is 53.1 Å². The van der Waals surface area contributed by atoms with Crippen molar-refractivity contribution in [1.29, 1.82) is 0 Å². The molecule has 1 N–H and O–H groups in total. The van der Waals surface area contributed by atoms with Crippen LogP contribution in [0.4, 0.5) is 5.69 Å². The third kappa shape index (κ3) is 3.56. The van der Waals surface area contributed by atoms with Crippen molar-refractivity contribution >= 4 is 33.2 Å². The molecule has 3 rings (SSSR count). The van der Waals surface area contributed by atoms with E-state index in [1.807, 2.05) is 31.2 Å². The fourth-order valence-electron chi connectivity index (χ4n) is 3.13. The number of nitrogens with one attached hydrogen (secondary N) is 1. The molecule has 26 heavy (non-hydrogen) atoms. The summed E-state index contributed by atoms with van der Waals surface area (Å²) in [5.41, 5.74) is 1.90. The van der Waals surface area contributed by atoms with Gasteiger partial charge in [-0.2, -0.15) is 0 Å². The molecule has 0 bridgehead atoms. The van der Waals surface area contributed by atoms with Crippen molar-refractivity contribution in [2.45, 2.75) is 24.3 Å². The molecule has 1 atom stereocenters. The van der Waals surface area contributed by atoms with Crippen LogP contribution in [0, 0.1) is 0 Å². The summed E-state index contributed by atoms with van der Waals surface area (Å²) in [5, 5.41) is 0.264. The molecule has 0 aromatic heterocycles. The fourth-order valence-corrected chi connectivity index (χ4v) is 4.53. The van der Waals surface area contributed by atoms with Crippen molar-refractivity contribution in [1.82, 2.24) is 4.72 Å². The Balaban J connectivity index is 1.79. The van der Waals surface area contributed by atoms with Crippen LogP contribution in [-0.2, 0) is 21.2 Å². The van der Waals surface area contributed by atoms with E-state index in [0.717, 1.165) is 17.7 Å². The number of hydrogen-bond acceptors (Lipinski definition) is 4. The molecule has 1 aliphatic heterocycles. The molecule has 138 valence electrons. The Bertz CT molecular complexity index is 946. The summed E-state index contributed by atoms with van der Waals surface area (Å²) in [6.45, 7) is 1.59. The van der Waals surface area contributed by atoms with E-state index >= 15 is 0 Å². The maximum absolute atomic E-state index is 12.7. The number of nitrogens with zero attached hydrogens (tertiary/aromatic N) is 1. The van der Waals surface area contributed by atoms with Gasteiger partial charge in [-0.05, 0) is 43.2 Å². The summed E-state index contributed by atoms with van der Waals surface area (Å²) in [7, 11) is -2.58. The number of anilines is 1. The number of hydrogen-bond donors (Lipinski definition) is 1. The van der Waals surface area contributed by atoms with Gasteiger partial charge >= 0.3 is 0 Å². The lowest BCUT2D eigenvalue weighted by molar-refractivity contribution is -0.117. The molecule has 6 nitrogen and oxygen atoms in total. The summed E-state index contributed by atoms with van der Waals surface area (Å²) in [6, 6.07) is 11.9. The first kappa shape index (κ1) is 18.7. The molecule has 0 fully saturated rings. The van der Waals surface area contributed by atoms with E-state index in [1.165, 1.54) is 25.3 Å². The van der Waals surface area contributed by atoms with Crippen molar-refractivity contribution in [3.63, 3.8) is 0 Å². The number of carbonyl (C=O) groups excluding carboxylic acids is 1. The van der Waals surface area contributed by atoms with Crippen LogP contribution in [0.2, 0.25) is 5.02 Å². The molecule has 0 saturated heterocycles. The Morgan fingerprint density at radius 3 is 2.77 bits per heavy atom. The Morgan fingerprint density at radius 1 is 1.31 bits per heavy atom. The zero-order chi connectivity index (χ0) is 18.9. The molecule has 8 heteroatoms. The number of sulfonamides is 1. The van der Waals surface area contributed by atoms with Gasteiger partial charge in [0.2, 0.25) is 15.9 Å². The molecular formula is C18H19ClN2O4S. The second kappa shape index (κ2) is 7.26. The van der Waals surface area contributed by atoms with Crippen LogP contribution in [-0.4, -0.2) is 34.0 Å². The Morgan fingerprint density at radius 2 is 2.04 bits per heavy atom. The molecule has 2 aromatic carbocycles. The van der Waals surface area contributed by atoms with Crippen molar-refractivity contribution in [2.24, 2.45) is 0 Å². The van der Waals surface area contributed by atoms with Crippen LogP contribution in [0.3, 0.4) is 0 Å². The van der Waals surface area contributed by atoms with Crippen LogP contribution in [0.5, 0.6) is 5.75 Å². The first-order chi connectivity index (χ1) is 12.3. The lowest BCUT2D eigenvalue weighted by atomic mass is 10.1. The maximum Gasteiger partial charge on any atom is 0.244 e. The van der Waals surface area contributed by atoms with Gasteiger partial charge in [-0.15, -0.1) is 0 Å². The van der Waals surface area contributed by atoms with Gasteiger partial charge in [0.05, 0.1) is 13.7 Å². The zero-order valence-electron chi connectivity index (χ0n) is 14.4. The van der Waals surface area contributed by atoms with Crippen molar-refractivity contribution in [2.75, 3.05) is 18.6 Å². The van der Waals surface area contributed by atoms with Crippen LogP contribution in [0.25, 0.3) is 0 Å². The molecule has 1 unspecified atom stereocenters. The number of halogens is 1. The highest BCUT2D eigenvalue weighted by Crippen LogP contribution is 2.32. The number of rotatable bonds is 5. The van der Waals surface area contributed by atoms with Gasteiger partial charge in [-0.1, -0.05) is 29.8 Å². The maximum atomic E-state index is 12.7. The van der Waals surface area contributed by atoms with E-state index in [0.29, 0.717) is 0 Å². The van der Waals surface area contributed by atoms with E-state index < -0.39 is 10.0 Å². The SMILES string of the molecule is COc1ccc(Cl)cc1S(=O)(=O)NCC(=O)N1c2ccccc2CC1C. The number of benzene rings is 2. The van der Waals surface area contributed by atoms with E-state index in [-0.39, 0.29) is 34.2 Å². The number of amides is 1. The van der Waals surface area contributed by atoms with E-state index in [9.17, 15) is 13.2 Å². The number of ether oxygens (including phenoxy) is 1. The Kier molecular flexibility index (Phi) is 5.22. The molecule has 0 saturated carbocycles. The van der Waals surface area contributed by atoms with E-state index in [2.05, 4.69) is 4.72 Å². The molecule has 2 aromatic rings. The van der Waals surface area contributed by atoms with Crippen molar-refractivity contribution in [3.8, 4) is 5.75 Å². The fraction of sp³-hybridized carbons (Fsp3) is 0.278. The molecule has 1 amide bonds. The van der Waals surface area contributed by atoms with Crippen molar-refractivity contribution < 1.29 is 17.9 Å². The van der Waals surface area contributed by atoms with Gasteiger partial charge in [0.25, 0.3) is 0 Å². The highest BCUT2D eigenvalue weighted by atomic mass is 35.5. The minimum absolute atomic E-state index is 0.0230. The van der Waals surface area contributed by atoms with Gasteiger partial charge in [-0.3, -0.25) is 4.79 Å². The van der Waals surface area contributed by atoms with Crippen LogP contribution in [0.1, 0.15) is 12.5 Å². The molecule has 1 heterocycles. The average Bonchev–Trinajstić information content (AvgIpc) is 2.95. The molecule has 0 spiro atoms. The molecule has 0 aliphatic carbocycles. The third-order valence-electron chi connectivity index (χ3n) is 4.30. The van der Waals surface area contributed by atoms with E-state index in [1.54, 1.807) is 4.90 Å².